The van der Waals surface area contributed by atoms with E-state index in [1.807, 2.05) is 0 Å². The van der Waals surface area contributed by atoms with Crippen molar-refractivity contribution in [2.75, 3.05) is 6.61 Å². The highest BCUT2D eigenvalue weighted by Crippen LogP contribution is 2.33. The number of hydrogen-bond acceptors (Lipinski definition) is 1. The molecule has 14 heavy (non-hydrogen) atoms. The Balaban J connectivity index is 3.99. The molecule has 0 bridgehead atoms. The lowest BCUT2D eigenvalue weighted by Crippen LogP contribution is -2.24. The van der Waals surface area contributed by atoms with Gasteiger partial charge in [0.05, 0.1) is 12.9 Å². The van der Waals surface area contributed by atoms with E-state index in [1.165, 1.54) is 38.5 Å². The Bertz CT molecular complexity index is 136. The van der Waals surface area contributed by atoms with E-state index < -0.39 is 0 Å². The largest absolute Gasteiger partial charge is 0.501 e. The summed E-state index contributed by atoms with van der Waals surface area (Å²) in [6.07, 6.45) is 9.25. The monoisotopic (exact) mass is 198 g/mol. The normalized spacial score (nSPS) is 11.4. The van der Waals surface area contributed by atoms with Crippen LogP contribution in [-0.2, 0) is 4.74 Å². The van der Waals surface area contributed by atoms with Crippen molar-refractivity contribution in [1.29, 1.82) is 0 Å². The molecule has 0 aromatic rings. The Labute approximate surface area is 89.5 Å². The number of hydrogen-bond donors (Lipinski definition) is 0. The first kappa shape index (κ1) is 13.5. The number of unbranched alkanes of at least 4 members (excludes halogenated alkanes) is 2. The van der Waals surface area contributed by atoms with Crippen LogP contribution in [0, 0.1) is 5.41 Å². The Hall–Kier alpha value is -0.460. The maximum Gasteiger partial charge on any atom is 0.0928 e. The first-order valence-electron chi connectivity index (χ1n) is 5.97. The third kappa shape index (κ3) is 4.69. The van der Waals surface area contributed by atoms with Gasteiger partial charge in [-0.15, -0.1) is 0 Å². The van der Waals surface area contributed by atoms with E-state index in [1.54, 1.807) is 6.26 Å². The Kier molecular flexibility index (Phi) is 7.64. The zero-order chi connectivity index (χ0) is 10.9. The zero-order valence-electron chi connectivity index (χ0n) is 10.1. The lowest BCUT2D eigenvalue weighted by molar-refractivity contribution is 0.0880. The van der Waals surface area contributed by atoms with Crippen molar-refractivity contribution in [3.8, 4) is 0 Å². The molecule has 0 aromatic heterocycles. The van der Waals surface area contributed by atoms with E-state index in [2.05, 4.69) is 27.4 Å². The molecular weight excluding hydrogens is 172 g/mol. The average Bonchev–Trinajstić information content (AvgIpc) is 2.24. The summed E-state index contributed by atoms with van der Waals surface area (Å²) in [5.41, 5.74) is 0.392. The molecule has 0 aromatic carbocycles. The van der Waals surface area contributed by atoms with Gasteiger partial charge in [0.1, 0.15) is 0 Å². The van der Waals surface area contributed by atoms with Gasteiger partial charge in [-0.25, -0.2) is 0 Å². The summed E-state index contributed by atoms with van der Waals surface area (Å²) in [6.45, 7) is 11.2. The van der Waals surface area contributed by atoms with Gasteiger partial charge < -0.3 is 4.74 Å². The summed E-state index contributed by atoms with van der Waals surface area (Å²) < 4.78 is 5.38. The highest BCUT2D eigenvalue weighted by molar-refractivity contribution is 4.77. The van der Waals surface area contributed by atoms with Crippen molar-refractivity contribution in [2.45, 2.75) is 59.3 Å². The molecule has 0 rings (SSSR count). The van der Waals surface area contributed by atoms with Gasteiger partial charge in [0, 0.05) is 5.41 Å². The van der Waals surface area contributed by atoms with Gasteiger partial charge in [-0.3, -0.25) is 0 Å². The third-order valence-electron chi connectivity index (χ3n) is 3.32. The number of ether oxygens (including phenoxy) is 1. The predicted molar refractivity (Wildman–Crippen MR) is 63.3 cm³/mol. The van der Waals surface area contributed by atoms with Gasteiger partial charge in [0.15, 0.2) is 0 Å². The van der Waals surface area contributed by atoms with Crippen LogP contribution in [-0.4, -0.2) is 6.61 Å². The van der Waals surface area contributed by atoms with Crippen molar-refractivity contribution >= 4 is 0 Å². The highest BCUT2D eigenvalue weighted by atomic mass is 16.5. The van der Waals surface area contributed by atoms with Crippen LogP contribution in [0.2, 0.25) is 0 Å². The molecule has 0 radical (unpaired) electrons. The fraction of sp³-hybridized carbons (Fsp3) is 0.846. The fourth-order valence-corrected chi connectivity index (χ4v) is 1.87. The minimum absolute atomic E-state index is 0.392. The van der Waals surface area contributed by atoms with Gasteiger partial charge in [-0.05, 0) is 19.3 Å². The average molecular weight is 198 g/mol. The van der Waals surface area contributed by atoms with Gasteiger partial charge in [0.2, 0.25) is 0 Å². The highest BCUT2D eigenvalue weighted by Gasteiger charge is 2.25. The molecule has 0 saturated carbocycles. The van der Waals surface area contributed by atoms with Crippen molar-refractivity contribution < 1.29 is 4.74 Å². The second kappa shape index (κ2) is 7.90. The predicted octanol–water partition coefficient (Wildman–Crippen LogP) is 4.53. The van der Waals surface area contributed by atoms with E-state index in [9.17, 15) is 0 Å². The molecule has 1 nitrogen and oxygen atoms in total. The molecule has 0 saturated heterocycles. The van der Waals surface area contributed by atoms with E-state index in [4.69, 9.17) is 4.74 Å². The van der Waals surface area contributed by atoms with Gasteiger partial charge >= 0.3 is 0 Å². The molecule has 1 heteroatoms. The molecule has 0 heterocycles. The van der Waals surface area contributed by atoms with Crippen LogP contribution in [0.1, 0.15) is 59.3 Å². The second-order valence-electron chi connectivity index (χ2n) is 4.14. The smallest absolute Gasteiger partial charge is 0.0928 e. The fourth-order valence-electron chi connectivity index (χ4n) is 1.87. The molecular formula is C13H26O. The Morgan fingerprint density at radius 2 is 1.79 bits per heavy atom. The molecule has 0 unspecified atom stereocenters. The van der Waals surface area contributed by atoms with Crippen LogP contribution in [0.15, 0.2) is 12.8 Å². The van der Waals surface area contributed by atoms with E-state index in [-0.39, 0.29) is 0 Å². The summed E-state index contributed by atoms with van der Waals surface area (Å²) in [7, 11) is 0. The zero-order valence-corrected chi connectivity index (χ0v) is 10.1. The summed E-state index contributed by atoms with van der Waals surface area (Å²) in [5.74, 6) is 0. The van der Waals surface area contributed by atoms with Crippen LogP contribution in [0.5, 0.6) is 0 Å². The van der Waals surface area contributed by atoms with Crippen LogP contribution in [0.4, 0.5) is 0 Å². The molecule has 84 valence electrons. The quantitative estimate of drug-likeness (QED) is 0.390. The van der Waals surface area contributed by atoms with Gasteiger partial charge in [-0.1, -0.05) is 46.6 Å². The lowest BCUT2D eigenvalue weighted by Gasteiger charge is -2.30. The van der Waals surface area contributed by atoms with Crippen molar-refractivity contribution in [3.63, 3.8) is 0 Å². The van der Waals surface area contributed by atoms with Crippen molar-refractivity contribution in [2.24, 2.45) is 5.41 Å². The molecule has 0 amide bonds. The topological polar surface area (TPSA) is 9.23 Å². The molecule has 0 spiro atoms. The summed E-state index contributed by atoms with van der Waals surface area (Å²) >= 11 is 0. The van der Waals surface area contributed by atoms with Crippen molar-refractivity contribution in [3.05, 3.63) is 12.8 Å². The molecule has 0 aliphatic carbocycles. The van der Waals surface area contributed by atoms with Gasteiger partial charge in [-0.2, -0.15) is 0 Å². The molecule has 0 aliphatic rings. The standard InChI is InChI=1S/C13H26O/c1-5-9-10-11-13(6-2,7-3)12-14-8-4/h8H,4-7,9-12H2,1-3H3. The summed E-state index contributed by atoms with van der Waals surface area (Å²) in [4.78, 5) is 0. The third-order valence-corrected chi connectivity index (χ3v) is 3.32. The van der Waals surface area contributed by atoms with E-state index >= 15 is 0 Å². The Morgan fingerprint density at radius 3 is 2.21 bits per heavy atom. The van der Waals surface area contributed by atoms with Gasteiger partial charge in [0.25, 0.3) is 0 Å². The number of rotatable bonds is 9. The SMILES string of the molecule is C=COCC(CC)(CC)CCCCC. The maximum atomic E-state index is 5.38. The first-order valence-corrected chi connectivity index (χ1v) is 5.97. The molecule has 0 N–H and O–H groups in total. The van der Waals surface area contributed by atoms with Crippen LogP contribution >= 0.6 is 0 Å². The van der Waals surface area contributed by atoms with Crippen LogP contribution < -0.4 is 0 Å². The van der Waals surface area contributed by atoms with Crippen molar-refractivity contribution in [1.82, 2.24) is 0 Å². The molecule has 0 fully saturated rings. The minimum Gasteiger partial charge on any atom is -0.501 e. The van der Waals surface area contributed by atoms with E-state index in [0.717, 1.165) is 6.61 Å². The minimum atomic E-state index is 0.392. The summed E-state index contributed by atoms with van der Waals surface area (Å²) in [5, 5.41) is 0. The van der Waals surface area contributed by atoms with Crippen LogP contribution in [0.3, 0.4) is 0 Å². The maximum absolute atomic E-state index is 5.38. The first-order chi connectivity index (χ1) is 6.74. The van der Waals surface area contributed by atoms with Crippen LogP contribution in [0.25, 0.3) is 0 Å². The molecule has 0 atom stereocenters. The van der Waals surface area contributed by atoms with E-state index in [0.29, 0.717) is 5.41 Å². The Morgan fingerprint density at radius 1 is 1.14 bits per heavy atom. The second-order valence-corrected chi connectivity index (χ2v) is 4.14. The lowest BCUT2D eigenvalue weighted by atomic mass is 9.78. The summed E-state index contributed by atoms with van der Waals surface area (Å²) in [6, 6.07) is 0. The molecule has 0 aliphatic heterocycles.